The summed E-state index contributed by atoms with van der Waals surface area (Å²) in [7, 11) is 3.77. The van der Waals surface area contributed by atoms with E-state index in [-0.39, 0.29) is 0 Å². The summed E-state index contributed by atoms with van der Waals surface area (Å²) in [6.45, 7) is 3.45. The number of likely N-dealkylation sites (N-methyl/N-ethyl adjacent to an activating group) is 1. The number of rotatable bonds is 7. The van der Waals surface area contributed by atoms with Gasteiger partial charge < -0.3 is 20.7 Å². The average Bonchev–Trinajstić information content (AvgIpc) is 2.29. The van der Waals surface area contributed by atoms with Crippen molar-refractivity contribution in [3.8, 4) is 0 Å². The molecule has 4 nitrogen and oxygen atoms in total. The molecule has 0 spiro atoms. The van der Waals surface area contributed by atoms with Gasteiger partial charge in [0.1, 0.15) is 0 Å². The number of nitrogens with zero attached hydrogens (tertiary/aromatic N) is 1. The Morgan fingerprint density at radius 1 is 1.41 bits per heavy atom. The molecule has 3 N–H and O–H groups in total. The number of benzene rings is 1. The molecule has 0 aliphatic carbocycles. The predicted molar refractivity (Wildman–Crippen MR) is 73.7 cm³/mol. The highest BCUT2D eigenvalue weighted by Crippen LogP contribution is 2.22. The van der Waals surface area contributed by atoms with E-state index >= 15 is 0 Å². The summed E-state index contributed by atoms with van der Waals surface area (Å²) in [6, 6.07) is 5.47. The van der Waals surface area contributed by atoms with Gasteiger partial charge >= 0.3 is 0 Å². The van der Waals surface area contributed by atoms with Crippen molar-refractivity contribution in [3.63, 3.8) is 0 Å². The van der Waals surface area contributed by atoms with Crippen molar-refractivity contribution in [3.05, 3.63) is 23.2 Å². The van der Waals surface area contributed by atoms with E-state index in [0.29, 0.717) is 10.7 Å². The van der Waals surface area contributed by atoms with Gasteiger partial charge in [-0.2, -0.15) is 0 Å². The summed E-state index contributed by atoms with van der Waals surface area (Å²) in [4.78, 5) is 2.20. The Balaban J connectivity index is 2.30. The molecule has 0 aliphatic rings. The fourth-order valence-electron chi connectivity index (χ4n) is 1.43. The average molecular weight is 258 g/mol. The molecule has 0 heterocycles. The normalized spacial score (nSPS) is 10.8. The van der Waals surface area contributed by atoms with E-state index in [4.69, 9.17) is 22.1 Å². The van der Waals surface area contributed by atoms with Crippen LogP contribution in [0.5, 0.6) is 0 Å². The van der Waals surface area contributed by atoms with Crippen molar-refractivity contribution >= 4 is 23.0 Å². The second-order valence-electron chi connectivity index (χ2n) is 3.95. The third kappa shape index (κ3) is 5.26. The molecule has 0 amide bonds. The zero-order valence-electron chi connectivity index (χ0n) is 10.4. The number of methoxy groups -OCH3 is 1. The SMILES string of the molecule is COCCN(C)CCNc1ccc(Cl)cc1N. The highest BCUT2D eigenvalue weighted by atomic mass is 35.5. The Morgan fingerprint density at radius 3 is 2.82 bits per heavy atom. The van der Waals surface area contributed by atoms with Crippen molar-refractivity contribution < 1.29 is 4.74 Å². The van der Waals surface area contributed by atoms with Crippen LogP contribution in [0.15, 0.2) is 18.2 Å². The fourth-order valence-corrected chi connectivity index (χ4v) is 1.62. The minimum atomic E-state index is 0.658. The number of halogens is 1. The van der Waals surface area contributed by atoms with Crippen molar-refractivity contribution in [2.75, 3.05) is 51.4 Å². The maximum Gasteiger partial charge on any atom is 0.0589 e. The predicted octanol–water partition coefficient (Wildman–Crippen LogP) is 1.91. The first kappa shape index (κ1) is 14.1. The summed E-state index contributed by atoms with van der Waals surface area (Å²) < 4.78 is 5.01. The van der Waals surface area contributed by atoms with Crippen LogP contribution in [0.1, 0.15) is 0 Å². The molecule has 1 rings (SSSR count). The Kier molecular flexibility index (Phi) is 6.11. The Morgan fingerprint density at radius 2 is 2.18 bits per heavy atom. The molecule has 0 saturated heterocycles. The summed E-state index contributed by atoms with van der Waals surface area (Å²) in [5, 5.41) is 3.94. The zero-order chi connectivity index (χ0) is 12.7. The van der Waals surface area contributed by atoms with Crippen LogP contribution in [0, 0.1) is 0 Å². The van der Waals surface area contributed by atoms with Gasteiger partial charge in [-0.15, -0.1) is 0 Å². The van der Waals surface area contributed by atoms with E-state index in [9.17, 15) is 0 Å². The summed E-state index contributed by atoms with van der Waals surface area (Å²) in [5.74, 6) is 0. The van der Waals surface area contributed by atoms with Crippen LogP contribution in [-0.2, 0) is 4.74 Å². The molecular weight excluding hydrogens is 238 g/mol. The second kappa shape index (κ2) is 7.37. The Bertz CT molecular complexity index is 347. The molecule has 0 fully saturated rings. The Hall–Kier alpha value is -0.970. The summed E-state index contributed by atoms with van der Waals surface area (Å²) >= 11 is 5.83. The highest BCUT2D eigenvalue weighted by molar-refractivity contribution is 6.31. The lowest BCUT2D eigenvalue weighted by Crippen LogP contribution is -2.28. The molecule has 0 atom stereocenters. The maximum absolute atomic E-state index is 5.84. The van der Waals surface area contributed by atoms with Crippen LogP contribution in [0.2, 0.25) is 5.02 Å². The minimum Gasteiger partial charge on any atom is -0.397 e. The van der Waals surface area contributed by atoms with Gasteiger partial charge in [0.2, 0.25) is 0 Å². The minimum absolute atomic E-state index is 0.658. The van der Waals surface area contributed by atoms with E-state index in [0.717, 1.165) is 31.9 Å². The highest BCUT2D eigenvalue weighted by Gasteiger charge is 2.01. The van der Waals surface area contributed by atoms with Gasteiger partial charge in [-0.3, -0.25) is 0 Å². The molecule has 1 aromatic carbocycles. The molecule has 0 radical (unpaired) electrons. The summed E-state index contributed by atoms with van der Waals surface area (Å²) in [5.41, 5.74) is 7.44. The van der Waals surface area contributed by atoms with E-state index in [1.807, 2.05) is 12.1 Å². The van der Waals surface area contributed by atoms with Gasteiger partial charge in [0.15, 0.2) is 0 Å². The number of nitrogens with two attached hydrogens (primary N) is 1. The fraction of sp³-hybridized carbons (Fsp3) is 0.500. The topological polar surface area (TPSA) is 50.5 Å². The number of nitrogens with one attached hydrogen (secondary N) is 1. The van der Waals surface area contributed by atoms with Crippen LogP contribution in [0.4, 0.5) is 11.4 Å². The van der Waals surface area contributed by atoms with Crippen molar-refractivity contribution in [1.82, 2.24) is 4.90 Å². The second-order valence-corrected chi connectivity index (χ2v) is 4.39. The van der Waals surface area contributed by atoms with Crippen molar-refractivity contribution in [1.29, 1.82) is 0 Å². The van der Waals surface area contributed by atoms with Gasteiger partial charge in [0, 0.05) is 31.8 Å². The zero-order valence-corrected chi connectivity index (χ0v) is 11.1. The number of ether oxygens (including phenoxy) is 1. The number of nitrogen functional groups attached to an aromatic ring is 1. The van der Waals surface area contributed by atoms with Gasteiger partial charge in [0.25, 0.3) is 0 Å². The van der Waals surface area contributed by atoms with E-state index < -0.39 is 0 Å². The van der Waals surface area contributed by atoms with Crippen molar-refractivity contribution in [2.24, 2.45) is 0 Å². The molecule has 5 heteroatoms. The monoisotopic (exact) mass is 257 g/mol. The van der Waals surface area contributed by atoms with Gasteiger partial charge in [0.05, 0.1) is 18.0 Å². The molecule has 17 heavy (non-hydrogen) atoms. The van der Waals surface area contributed by atoms with E-state index in [1.165, 1.54) is 0 Å². The first-order chi connectivity index (χ1) is 8.13. The lowest BCUT2D eigenvalue weighted by molar-refractivity contribution is 0.163. The number of hydrogen-bond donors (Lipinski definition) is 2. The van der Waals surface area contributed by atoms with Crippen LogP contribution in [-0.4, -0.2) is 45.3 Å². The summed E-state index contributed by atoms with van der Waals surface area (Å²) in [6.07, 6.45) is 0. The molecular formula is C12H20ClN3O. The van der Waals surface area contributed by atoms with E-state index in [2.05, 4.69) is 17.3 Å². The molecule has 1 aromatic rings. The quantitative estimate of drug-likeness (QED) is 0.733. The standard InChI is InChI=1S/C12H20ClN3O/c1-16(7-8-17-2)6-5-15-12-4-3-10(13)9-11(12)14/h3-4,9,15H,5-8,14H2,1-2H3. The lowest BCUT2D eigenvalue weighted by atomic mass is 10.2. The lowest BCUT2D eigenvalue weighted by Gasteiger charge is -2.17. The van der Waals surface area contributed by atoms with Crippen LogP contribution < -0.4 is 11.1 Å². The van der Waals surface area contributed by atoms with Crippen LogP contribution in [0.25, 0.3) is 0 Å². The third-order valence-electron chi connectivity index (χ3n) is 2.50. The Labute approximate surface area is 108 Å². The molecule has 0 aliphatic heterocycles. The molecule has 0 unspecified atom stereocenters. The molecule has 96 valence electrons. The van der Waals surface area contributed by atoms with E-state index in [1.54, 1.807) is 13.2 Å². The van der Waals surface area contributed by atoms with Crippen LogP contribution >= 0.6 is 11.6 Å². The van der Waals surface area contributed by atoms with Gasteiger partial charge in [-0.05, 0) is 25.2 Å². The number of hydrogen-bond acceptors (Lipinski definition) is 4. The van der Waals surface area contributed by atoms with Crippen LogP contribution in [0.3, 0.4) is 0 Å². The molecule has 0 saturated carbocycles. The maximum atomic E-state index is 5.84. The number of anilines is 2. The van der Waals surface area contributed by atoms with Gasteiger partial charge in [-0.1, -0.05) is 11.6 Å². The molecule has 0 bridgehead atoms. The van der Waals surface area contributed by atoms with Crippen molar-refractivity contribution in [2.45, 2.75) is 0 Å². The molecule has 0 aromatic heterocycles. The van der Waals surface area contributed by atoms with Gasteiger partial charge in [-0.25, -0.2) is 0 Å². The first-order valence-electron chi connectivity index (χ1n) is 5.60. The first-order valence-corrected chi connectivity index (χ1v) is 5.97. The largest absolute Gasteiger partial charge is 0.397 e. The smallest absolute Gasteiger partial charge is 0.0589 e. The third-order valence-corrected chi connectivity index (χ3v) is 2.73.